The van der Waals surface area contributed by atoms with Gasteiger partial charge in [-0.15, -0.1) is 0 Å². The first-order valence-corrected chi connectivity index (χ1v) is 9.69. The Hall–Kier alpha value is -2.63. The molecule has 142 valence electrons. The zero-order chi connectivity index (χ0) is 18.8. The molecule has 1 aliphatic heterocycles. The number of nitrogens with one attached hydrogen (secondary N) is 1. The molecular weight excluding hydrogens is 340 g/mol. The molecule has 1 N–H and O–H groups in total. The van der Waals surface area contributed by atoms with E-state index in [-0.39, 0.29) is 11.8 Å². The van der Waals surface area contributed by atoms with Gasteiger partial charge in [-0.1, -0.05) is 0 Å². The lowest BCUT2D eigenvalue weighted by Crippen LogP contribution is -2.29. The monoisotopic (exact) mass is 366 g/mol. The summed E-state index contributed by atoms with van der Waals surface area (Å²) in [5.41, 5.74) is 4.05. The smallest absolute Gasteiger partial charge is 0.227 e. The molecule has 4 rings (SSSR count). The molecule has 1 aliphatic carbocycles. The van der Waals surface area contributed by atoms with Crippen LogP contribution in [0.3, 0.4) is 0 Å². The minimum atomic E-state index is -0.0414. The minimum absolute atomic E-state index is 0.0414. The summed E-state index contributed by atoms with van der Waals surface area (Å²) in [6.45, 7) is 4.07. The lowest BCUT2D eigenvalue weighted by Gasteiger charge is -2.25. The van der Waals surface area contributed by atoms with Crippen LogP contribution in [0.1, 0.15) is 36.1 Å². The maximum Gasteiger partial charge on any atom is 0.227 e. The molecule has 6 nitrogen and oxygen atoms in total. The molecule has 1 saturated heterocycles. The first-order valence-electron chi connectivity index (χ1n) is 9.69. The van der Waals surface area contributed by atoms with Crippen LogP contribution in [0.4, 0.5) is 11.6 Å². The largest absolute Gasteiger partial charge is 0.497 e. The maximum atomic E-state index is 12.8. The summed E-state index contributed by atoms with van der Waals surface area (Å²) in [6.07, 6.45) is 6.72. The predicted molar refractivity (Wildman–Crippen MR) is 105 cm³/mol. The third kappa shape index (κ3) is 3.75. The van der Waals surface area contributed by atoms with E-state index in [1.54, 1.807) is 7.11 Å². The van der Waals surface area contributed by atoms with Crippen molar-refractivity contribution in [3.05, 3.63) is 41.2 Å². The Labute approximate surface area is 160 Å². The fraction of sp³-hybridized carbons (Fsp3) is 0.476. The van der Waals surface area contributed by atoms with E-state index in [1.165, 1.54) is 12.8 Å². The number of hydrogen-bond acceptors (Lipinski definition) is 5. The fourth-order valence-electron chi connectivity index (χ4n) is 3.93. The normalized spacial score (nSPS) is 18.9. The zero-order valence-electron chi connectivity index (χ0n) is 16.0. The Kier molecular flexibility index (Phi) is 4.97. The van der Waals surface area contributed by atoms with Gasteiger partial charge in [0.05, 0.1) is 7.11 Å². The molecule has 2 aromatic rings. The molecule has 1 aromatic heterocycles. The number of aromatic nitrogens is 2. The number of aryl methyl sites for hydroxylation is 2. The highest BCUT2D eigenvalue weighted by Gasteiger charge is 2.27. The molecular formula is C21H26N4O2. The number of ether oxygens (including phenoxy) is 1. The van der Waals surface area contributed by atoms with Crippen molar-refractivity contribution in [1.29, 1.82) is 0 Å². The summed E-state index contributed by atoms with van der Waals surface area (Å²) >= 11 is 0. The second-order valence-corrected chi connectivity index (χ2v) is 7.45. The van der Waals surface area contributed by atoms with Gasteiger partial charge in [-0.3, -0.25) is 4.79 Å². The van der Waals surface area contributed by atoms with Crippen LogP contribution < -0.4 is 15.0 Å². The maximum absolute atomic E-state index is 12.8. The van der Waals surface area contributed by atoms with Gasteiger partial charge in [-0.05, 0) is 68.4 Å². The van der Waals surface area contributed by atoms with E-state index in [9.17, 15) is 4.79 Å². The number of hydrogen-bond donors (Lipinski definition) is 1. The third-order valence-electron chi connectivity index (χ3n) is 5.59. The van der Waals surface area contributed by atoms with Crippen LogP contribution in [0.15, 0.2) is 24.4 Å². The number of methoxy groups -OCH3 is 1. The second kappa shape index (κ2) is 7.55. The zero-order valence-corrected chi connectivity index (χ0v) is 16.0. The molecule has 1 unspecified atom stereocenters. The first-order chi connectivity index (χ1) is 13.1. The minimum Gasteiger partial charge on any atom is -0.497 e. The van der Waals surface area contributed by atoms with Gasteiger partial charge in [-0.25, -0.2) is 9.97 Å². The Morgan fingerprint density at radius 1 is 1.30 bits per heavy atom. The Morgan fingerprint density at radius 2 is 2.11 bits per heavy atom. The molecule has 0 radical (unpaired) electrons. The van der Waals surface area contributed by atoms with Gasteiger partial charge in [0, 0.05) is 36.6 Å². The second-order valence-electron chi connectivity index (χ2n) is 7.45. The van der Waals surface area contributed by atoms with E-state index < -0.39 is 0 Å². The molecule has 27 heavy (non-hydrogen) atoms. The highest BCUT2D eigenvalue weighted by atomic mass is 16.5. The van der Waals surface area contributed by atoms with Crippen LogP contribution >= 0.6 is 0 Å². The highest BCUT2D eigenvalue weighted by molar-refractivity contribution is 5.93. The average molecular weight is 366 g/mol. The molecule has 1 atom stereocenters. The van der Waals surface area contributed by atoms with Crippen molar-refractivity contribution in [2.75, 3.05) is 30.4 Å². The molecule has 1 fully saturated rings. The van der Waals surface area contributed by atoms with Crippen molar-refractivity contribution >= 4 is 17.5 Å². The van der Waals surface area contributed by atoms with Crippen molar-refractivity contribution < 1.29 is 9.53 Å². The Bertz CT molecular complexity index is 846. The third-order valence-corrected chi connectivity index (χ3v) is 5.59. The molecule has 2 aliphatic rings. The Balaban J connectivity index is 1.43. The van der Waals surface area contributed by atoms with E-state index in [0.29, 0.717) is 6.42 Å². The summed E-state index contributed by atoms with van der Waals surface area (Å²) in [6, 6.07) is 5.69. The van der Waals surface area contributed by atoms with E-state index >= 15 is 0 Å². The number of amides is 1. The van der Waals surface area contributed by atoms with Gasteiger partial charge < -0.3 is 15.0 Å². The average Bonchev–Trinajstić information content (AvgIpc) is 3.23. The Morgan fingerprint density at radius 3 is 2.85 bits per heavy atom. The number of rotatable bonds is 4. The molecule has 1 amide bonds. The number of nitrogens with zero attached hydrogens (tertiary/aromatic N) is 3. The molecule has 0 spiro atoms. The SMILES string of the molecule is COc1ccc(NC(=O)C2CCc3nc(N4CCCC4)ncc3C2)c(C)c1. The summed E-state index contributed by atoms with van der Waals surface area (Å²) in [5, 5.41) is 3.07. The van der Waals surface area contributed by atoms with E-state index in [1.807, 2.05) is 31.3 Å². The van der Waals surface area contributed by atoms with Crippen LogP contribution in [0.2, 0.25) is 0 Å². The molecule has 0 saturated carbocycles. The van der Waals surface area contributed by atoms with Crippen molar-refractivity contribution in [2.45, 2.75) is 39.0 Å². The first kappa shape index (κ1) is 17.8. The summed E-state index contributed by atoms with van der Waals surface area (Å²) < 4.78 is 5.23. The van der Waals surface area contributed by atoms with Crippen molar-refractivity contribution in [3.63, 3.8) is 0 Å². The quantitative estimate of drug-likeness (QED) is 0.900. The van der Waals surface area contributed by atoms with Crippen LogP contribution in [0, 0.1) is 12.8 Å². The van der Waals surface area contributed by atoms with E-state index in [0.717, 1.165) is 60.1 Å². The van der Waals surface area contributed by atoms with Gasteiger partial charge in [0.25, 0.3) is 0 Å². The predicted octanol–water partition coefficient (Wildman–Crippen LogP) is 3.14. The van der Waals surface area contributed by atoms with Gasteiger partial charge in [0.2, 0.25) is 11.9 Å². The van der Waals surface area contributed by atoms with E-state index in [4.69, 9.17) is 9.72 Å². The highest BCUT2D eigenvalue weighted by Crippen LogP contribution is 2.28. The van der Waals surface area contributed by atoms with Crippen molar-refractivity contribution in [1.82, 2.24) is 9.97 Å². The number of fused-ring (bicyclic) bond motifs is 1. The molecule has 6 heteroatoms. The number of benzene rings is 1. The summed E-state index contributed by atoms with van der Waals surface area (Å²) in [7, 11) is 1.64. The summed E-state index contributed by atoms with van der Waals surface area (Å²) in [4.78, 5) is 24.4. The van der Waals surface area contributed by atoms with Crippen LogP contribution in [-0.4, -0.2) is 36.1 Å². The number of carbonyl (C=O) groups excluding carboxylic acids is 1. The van der Waals surface area contributed by atoms with Crippen LogP contribution in [0.5, 0.6) is 5.75 Å². The van der Waals surface area contributed by atoms with Gasteiger partial charge in [0.1, 0.15) is 5.75 Å². The molecule has 2 heterocycles. The van der Waals surface area contributed by atoms with Crippen LogP contribution in [-0.2, 0) is 17.6 Å². The van der Waals surface area contributed by atoms with Crippen molar-refractivity contribution in [2.24, 2.45) is 5.92 Å². The standard InChI is InChI=1S/C21H26N4O2/c1-14-11-17(27-2)6-8-18(14)23-20(26)15-5-7-19-16(12-15)13-22-21(24-19)25-9-3-4-10-25/h6,8,11,13,15H,3-5,7,9-10,12H2,1-2H3,(H,23,26). The number of anilines is 2. The molecule has 1 aromatic carbocycles. The lowest BCUT2D eigenvalue weighted by atomic mass is 9.86. The van der Waals surface area contributed by atoms with Gasteiger partial charge in [0.15, 0.2) is 0 Å². The fourth-order valence-corrected chi connectivity index (χ4v) is 3.93. The summed E-state index contributed by atoms with van der Waals surface area (Å²) in [5.74, 6) is 1.67. The van der Waals surface area contributed by atoms with Gasteiger partial charge >= 0.3 is 0 Å². The topological polar surface area (TPSA) is 67.3 Å². The number of carbonyl (C=O) groups is 1. The lowest BCUT2D eigenvalue weighted by molar-refractivity contribution is -0.120. The molecule has 0 bridgehead atoms. The van der Waals surface area contributed by atoms with Crippen LogP contribution in [0.25, 0.3) is 0 Å². The van der Waals surface area contributed by atoms with Gasteiger partial charge in [-0.2, -0.15) is 0 Å². The van der Waals surface area contributed by atoms with Crippen molar-refractivity contribution in [3.8, 4) is 5.75 Å². The van der Waals surface area contributed by atoms with E-state index in [2.05, 4.69) is 15.2 Å².